The van der Waals surface area contributed by atoms with Gasteiger partial charge in [-0.25, -0.2) is 4.39 Å². The normalized spacial score (nSPS) is 12.2. The minimum Gasteiger partial charge on any atom is -0.504 e. The van der Waals surface area contributed by atoms with Crippen LogP contribution < -0.4 is 29.6 Å². The average Bonchev–Trinajstić information content (AvgIpc) is 2.60. The molecule has 0 aliphatic carbocycles. The quantitative estimate of drug-likeness (QED) is 0.299. The van der Waals surface area contributed by atoms with Gasteiger partial charge >= 0.3 is 29.6 Å². The van der Waals surface area contributed by atoms with Gasteiger partial charge in [-0.15, -0.1) is 5.11 Å². The summed E-state index contributed by atoms with van der Waals surface area (Å²) in [6, 6.07) is 8.73. The third-order valence-electron chi connectivity index (χ3n) is 3.69. The molecule has 0 spiro atoms. The fraction of sp³-hybridized carbons (Fsp3) is 0. The smallest absolute Gasteiger partial charge is 0.504 e. The maximum absolute atomic E-state index is 13.0. The third kappa shape index (κ3) is 5.17. The van der Waals surface area contributed by atoms with E-state index in [2.05, 4.69) is 10.2 Å². The average molecular weight is 449 g/mol. The van der Waals surface area contributed by atoms with Crippen molar-refractivity contribution in [3.63, 3.8) is 0 Å². The first kappa shape index (κ1) is 23.3. The molecule has 9 nitrogen and oxygen atoms in total. The number of aromatic hydroxyl groups is 1. The number of hydrogen-bond acceptors (Lipinski definition) is 7. The molecule has 0 saturated carbocycles. The first-order chi connectivity index (χ1) is 13.0. The van der Waals surface area contributed by atoms with Crippen LogP contribution in [0.15, 0.2) is 68.6 Å². The van der Waals surface area contributed by atoms with Crippen LogP contribution >= 0.6 is 0 Å². The Morgan fingerprint density at radius 1 is 0.828 bits per heavy atom. The van der Waals surface area contributed by atoms with Gasteiger partial charge in [0, 0.05) is 5.39 Å². The van der Waals surface area contributed by atoms with Crippen molar-refractivity contribution >= 4 is 42.4 Å². The second kappa shape index (κ2) is 8.44. The number of halogens is 1. The van der Waals surface area contributed by atoms with E-state index < -0.39 is 41.6 Å². The van der Waals surface area contributed by atoms with Crippen LogP contribution in [0.1, 0.15) is 0 Å². The van der Waals surface area contributed by atoms with E-state index in [4.69, 9.17) is 4.55 Å². The summed E-state index contributed by atoms with van der Waals surface area (Å²) in [4.78, 5) is -1.46. The van der Waals surface area contributed by atoms with E-state index in [1.165, 1.54) is 18.2 Å². The Morgan fingerprint density at radius 2 is 1.45 bits per heavy atom. The Balaban J connectivity index is 0.00000300. The van der Waals surface area contributed by atoms with E-state index >= 15 is 0 Å². The molecule has 0 atom stereocenters. The third-order valence-corrected chi connectivity index (χ3v) is 5.41. The van der Waals surface area contributed by atoms with E-state index in [-0.39, 0.29) is 51.7 Å². The molecule has 0 aliphatic rings. The van der Waals surface area contributed by atoms with E-state index in [0.29, 0.717) is 0 Å². The molecule has 0 amide bonds. The SMILES string of the molecule is O=S(=O)(O)c1ccc2c(N=Nc3ccc(F)cc3)c(O)c(S(=O)(=O)O)cc2c1.[Na+]. The molecule has 29 heavy (non-hydrogen) atoms. The molecule has 3 aromatic carbocycles. The Morgan fingerprint density at radius 3 is 2.00 bits per heavy atom. The number of rotatable bonds is 4. The van der Waals surface area contributed by atoms with Gasteiger partial charge in [-0.1, -0.05) is 6.07 Å². The Kier molecular flexibility index (Phi) is 6.79. The summed E-state index contributed by atoms with van der Waals surface area (Å²) in [5.74, 6) is -1.43. The van der Waals surface area contributed by atoms with Crippen LogP contribution in [0.5, 0.6) is 5.75 Å². The molecule has 146 valence electrons. The van der Waals surface area contributed by atoms with Crippen molar-refractivity contribution in [2.45, 2.75) is 9.79 Å². The van der Waals surface area contributed by atoms with Gasteiger partial charge in [-0.05, 0) is 47.9 Å². The Bertz CT molecular complexity index is 1330. The zero-order valence-corrected chi connectivity index (χ0v) is 18.3. The molecule has 0 heterocycles. The maximum atomic E-state index is 13.0. The van der Waals surface area contributed by atoms with Gasteiger partial charge in [0.15, 0.2) is 5.75 Å². The Hall–Kier alpha value is -1.93. The fourth-order valence-electron chi connectivity index (χ4n) is 2.40. The first-order valence-electron chi connectivity index (χ1n) is 7.39. The van der Waals surface area contributed by atoms with Crippen molar-refractivity contribution in [2.24, 2.45) is 10.2 Å². The van der Waals surface area contributed by atoms with Crippen LogP contribution in [0, 0.1) is 5.82 Å². The summed E-state index contributed by atoms with van der Waals surface area (Å²) in [6.45, 7) is 0. The minimum atomic E-state index is -4.90. The number of fused-ring (bicyclic) bond motifs is 1. The van der Waals surface area contributed by atoms with Gasteiger partial charge in [-0.3, -0.25) is 9.11 Å². The summed E-state index contributed by atoms with van der Waals surface area (Å²) in [5.41, 5.74) is -0.197. The van der Waals surface area contributed by atoms with Gasteiger partial charge in [-0.2, -0.15) is 21.9 Å². The Labute approximate surface area is 186 Å². The van der Waals surface area contributed by atoms with Crippen LogP contribution in [-0.4, -0.2) is 31.0 Å². The number of hydrogen-bond donors (Lipinski definition) is 3. The standard InChI is InChI=1S/C16H11FN2O7S2.Na/c17-10-1-3-11(4-2-10)18-19-15-13-6-5-12(27(21,22)23)7-9(13)8-14(16(15)20)28(24,25)26;/h1-8,20H,(H,21,22,23)(H,24,25,26);/q;+1. The minimum absolute atomic E-state index is 0. The summed E-state index contributed by atoms with van der Waals surface area (Å²) < 4.78 is 77.2. The van der Waals surface area contributed by atoms with Crippen LogP contribution in [0.3, 0.4) is 0 Å². The van der Waals surface area contributed by atoms with Crippen LogP contribution in [-0.2, 0) is 20.2 Å². The van der Waals surface area contributed by atoms with Crippen molar-refractivity contribution in [2.75, 3.05) is 0 Å². The molecule has 0 aromatic heterocycles. The predicted octanol–water partition coefficient (Wildman–Crippen LogP) is 0.597. The second-order valence-electron chi connectivity index (χ2n) is 5.58. The monoisotopic (exact) mass is 449 g/mol. The van der Waals surface area contributed by atoms with Gasteiger partial charge in [0.2, 0.25) is 0 Å². The van der Waals surface area contributed by atoms with E-state index in [1.54, 1.807) is 0 Å². The molecule has 0 bridgehead atoms. The molecule has 0 fully saturated rings. The summed E-state index contributed by atoms with van der Waals surface area (Å²) >= 11 is 0. The molecule has 0 saturated heterocycles. The van der Waals surface area contributed by atoms with E-state index in [1.807, 2.05) is 0 Å². The van der Waals surface area contributed by atoms with Gasteiger partial charge in [0.1, 0.15) is 16.4 Å². The second-order valence-corrected chi connectivity index (χ2v) is 8.39. The molecular formula is C16H11FN2NaO7S2+. The first-order valence-corrected chi connectivity index (χ1v) is 10.3. The molecule has 0 aliphatic heterocycles. The topological polar surface area (TPSA) is 154 Å². The summed E-state index contributed by atoms with van der Waals surface area (Å²) in [5, 5.41) is 17.8. The van der Waals surface area contributed by atoms with Gasteiger partial charge in [0.05, 0.1) is 10.6 Å². The number of phenols is 1. The molecule has 3 rings (SSSR count). The number of benzene rings is 3. The van der Waals surface area contributed by atoms with E-state index in [9.17, 15) is 30.9 Å². The fourth-order valence-corrected chi connectivity index (χ4v) is 3.54. The molecule has 0 radical (unpaired) electrons. The van der Waals surface area contributed by atoms with Crippen molar-refractivity contribution in [1.82, 2.24) is 0 Å². The van der Waals surface area contributed by atoms with E-state index in [0.717, 1.165) is 30.3 Å². The van der Waals surface area contributed by atoms with Crippen LogP contribution in [0.25, 0.3) is 10.8 Å². The van der Waals surface area contributed by atoms with Crippen molar-refractivity contribution in [3.05, 3.63) is 54.3 Å². The van der Waals surface area contributed by atoms with Crippen LogP contribution in [0.4, 0.5) is 15.8 Å². The molecule has 0 unspecified atom stereocenters. The van der Waals surface area contributed by atoms with Crippen molar-refractivity contribution in [3.8, 4) is 5.75 Å². The molecule has 13 heteroatoms. The van der Waals surface area contributed by atoms with Gasteiger partial charge in [0.25, 0.3) is 20.2 Å². The summed E-state index contributed by atoms with van der Waals surface area (Å²) in [7, 11) is -9.49. The largest absolute Gasteiger partial charge is 1.00 e. The number of phenolic OH excluding ortho intramolecular Hbond substituents is 1. The molecular weight excluding hydrogens is 438 g/mol. The zero-order valence-electron chi connectivity index (χ0n) is 14.7. The maximum Gasteiger partial charge on any atom is 1.00 e. The number of nitrogens with zero attached hydrogens (tertiary/aromatic N) is 2. The predicted molar refractivity (Wildman–Crippen MR) is 95.8 cm³/mol. The van der Waals surface area contributed by atoms with Crippen molar-refractivity contribution < 1.29 is 65.0 Å². The molecule has 3 aromatic rings. The summed E-state index contributed by atoms with van der Waals surface area (Å²) in [6.07, 6.45) is 0. The number of azo groups is 1. The van der Waals surface area contributed by atoms with Crippen molar-refractivity contribution in [1.29, 1.82) is 0 Å². The zero-order chi connectivity index (χ0) is 20.7. The van der Waals surface area contributed by atoms with Gasteiger partial charge < -0.3 is 5.11 Å². The molecule has 3 N–H and O–H groups in total. The van der Waals surface area contributed by atoms with Crippen LogP contribution in [0.2, 0.25) is 0 Å².